The molecule has 2 saturated heterocycles. The summed E-state index contributed by atoms with van der Waals surface area (Å²) in [5.41, 5.74) is 0. The quantitative estimate of drug-likeness (QED) is 0.690. The Hall–Kier alpha value is -0.610. The Morgan fingerprint density at radius 3 is 2.86 bits per heavy atom. The zero-order chi connectivity index (χ0) is 9.80. The van der Waals surface area contributed by atoms with Gasteiger partial charge in [-0.15, -0.1) is 0 Å². The van der Waals surface area contributed by atoms with Gasteiger partial charge in [0.05, 0.1) is 6.61 Å². The van der Waals surface area contributed by atoms with Crippen molar-refractivity contribution in [1.82, 2.24) is 10.2 Å². The fourth-order valence-electron chi connectivity index (χ4n) is 1.84. The van der Waals surface area contributed by atoms with Crippen molar-refractivity contribution in [3.63, 3.8) is 0 Å². The molecular formula is C10H18N2O2. The highest BCUT2D eigenvalue weighted by Crippen LogP contribution is 2.07. The molecule has 0 aromatic heterocycles. The van der Waals surface area contributed by atoms with Gasteiger partial charge >= 0.3 is 0 Å². The third-order valence-electron chi connectivity index (χ3n) is 2.92. The van der Waals surface area contributed by atoms with Gasteiger partial charge in [-0.1, -0.05) is 0 Å². The van der Waals surface area contributed by atoms with E-state index in [1.807, 2.05) is 4.90 Å². The molecule has 1 unspecified atom stereocenters. The Bertz CT molecular complexity index is 198. The number of carbonyl (C=O) groups excluding carboxylic acids is 1. The van der Waals surface area contributed by atoms with Gasteiger partial charge in [-0.3, -0.25) is 4.79 Å². The lowest BCUT2D eigenvalue weighted by Gasteiger charge is -2.30. The van der Waals surface area contributed by atoms with Crippen LogP contribution in [0.4, 0.5) is 0 Å². The highest BCUT2D eigenvalue weighted by molar-refractivity contribution is 5.78. The van der Waals surface area contributed by atoms with Crippen LogP contribution in [0.15, 0.2) is 0 Å². The Morgan fingerprint density at radius 1 is 1.43 bits per heavy atom. The lowest BCUT2D eigenvalue weighted by Crippen LogP contribution is -2.44. The fourth-order valence-corrected chi connectivity index (χ4v) is 1.84. The molecule has 1 amide bonds. The van der Waals surface area contributed by atoms with Crippen LogP contribution in [0.25, 0.3) is 0 Å². The standard InChI is InChI=1S/C10H18N2O2/c13-10(12-5-2-6-12)8-14-7-9-3-1-4-11-9/h9,11H,1-8H2. The van der Waals surface area contributed by atoms with Gasteiger partial charge in [-0.05, 0) is 25.8 Å². The van der Waals surface area contributed by atoms with Gasteiger partial charge in [0, 0.05) is 19.1 Å². The molecule has 0 bridgehead atoms. The number of hydrogen-bond acceptors (Lipinski definition) is 3. The van der Waals surface area contributed by atoms with Crippen molar-refractivity contribution in [2.45, 2.75) is 25.3 Å². The molecule has 4 nitrogen and oxygen atoms in total. The van der Waals surface area contributed by atoms with E-state index in [-0.39, 0.29) is 12.5 Å². The van der Waals surface area contributed by atoms with Gasteiger partial charge in [-0.2, -0.15) is 0 Å². The molecule has 2 heterocycles. The first-order valence-corrected chi connectivity index (χ1v) is 5.45. The maximum Gasteiger partial charge on any atom is 0.248 e. The highest BCUT2D eigenvalue weighted by atomic mass is 16.5. The Balaban J connectivity index is 1.55. The van der Waals surface area contributed by atoms with Gasteiger partial charge < -0.3 is 15.0 Å². The summed E-state index contributed by atoms with van der Waals surface area (Å²) in [7, 11) is 0. The largest absolute Gasteiger partial charge is 0.370 e. The highest BCUT2D eigenvalue weighted by Gasteiger charge is 2.20. The number of nitrogens with one attached hydrogen (secondary N) is 1. The van der Waals surface area contributed by atoms with Gasteiger partial charge in [0.1, 0.15) is 6.61 Å². The van der Waals surface area contributed by atoms with Crippen LogP contribution >= 0.6 is 0 Å². The van der Waals surface area contributed by atoms with Crippen LogP contribution in [0.5, 0.6) is 0 Å². The van der Waals surface area contributed by atoms with Crippen LogP contribution in [-0.4, -0.2) is 49.7 Å². The van der Waals surface area contributed by atoms with E-state index in [0.29, 0.717) is 12.6 Å². The number of hydrogen-bond donors (Lipinski definition) is 1. The summed E-state index contributed by atoms with van der Waals surface area (Å²) in [6, 6.07) is 0.471. The molecule has 2 aliphatic rings. The summed E-state index contributed by atoms with van der Waals surface area (Å²) in [6.07, 6.45) is 3.56. The number of amides is 1. The average molecular weight is 198 g/mol. The molecule has 0 aliphatic carbocycles. The van der Waals surface area contributed by atoms with E-state index in [9.17, 15) is 4.79 Å². The molecule has 2 fully saturated rings. The average Bonchev–Trinajstić information content (AvgIpc) is 2.53. The van der Waals surface area contributed by atoms with Crippen LogP contribution in [0.1, 0.15) is 19.3 Å². The Morgan fingerprint density at radius 2 is 2.29 bits per heavy atom. The van der Waals surface area contributed by atoms with Crippen molar-refractivity contribution in [1.29, 1.82) is 0 Å². The van der Waals surface area contributed by atoms with Crippen molar-refractivity contribution in [3.8, 4) is 0 Å². The maximum atomic E-state index is 11.4. The molecule has 0 aromatic rings. The van der Waals surface area contributed by atoms with Crippen molar-refractivity contribution in [2.24, 2.45) is 0 Å². The molecule has 1 atom stereocenters. The minimum atomic E-state index is 0.147. The van der Waals surface area contributed by atoms with Crippen LogP contribution in [-0.2, 0) is 9.53 Å². The topological polar surface area (TPSA) is 41.6 Å². The molecule has 0 radical (unpaired) electrons. The van der Waals surface area contributed by atoms with Crippen LogP contribution in [0.2, 0.25) is 0 Å². The predicted molar refractivity (Wildman–Crippen MR) is 53.0 cm³/mol. The van der Waals surface area contributed by atoms with Crippen LogP contribution in [0.3, 0.4) is 0 Å². The predicted octanol–water partition coefficient (Wildman–Crippen LogP) is -0.0127. The second-order valence-electron chi connectivity index (χ2n) is 4.04. The van der Waals surface area contributed by atoms with E-state index >= 15 is 0 Å². The zero-order valence-electron chi connectivity index (χ0n) is 8.50. The van der Waals surface area contributed by atoms with Crippen LogP contribution in [0, 0.1) is 0 Å². The van der Waals surface area contributed by atoms with Gasteiger partial charge in [-0.25, -0.2) is 0 Å². The fraction of sp³-hybridized carbons (Fsp3) is 0.900. The molecule has 0 saturated carbocycles. The van der Waals surface area contributed by atoms with Crippen molar-refractivity contribution in [3.05, 3.63) is 0 Å². The first-order valence-electron chi connectivity index (χ1n) is 5.45. The molecule has 2 aliphatic heterocycles. The molecule has 14 heavy (non-hydrogen) atoms. The molecule has 2 rings (SSSR count). The first kappa shape index (κ1) is 9.93. The number of carbonyl (C=O) groups is 1. The first-order chi connectivity index (χ1) is 6.86. The SMILES string of the molecule is O=C(COCC1CCCN1)N1CCC1. The minimum Gasteiger partial charge on any atom is -0.370 e. The summed E-state index contributed by atoms with van der Waals surface area (Å²) in [4.78, 5) is 13.2. The lowest BCUT2D eigenvalue weighted by molar-refractivity contribution is -0.139. The second kappa shape index (κ2) is 4.75. The molecule has 0 aromatic carbocycles. The number of rotatable bonds is 4. The zero-order valence-corrected chi connectivity index (χ0v) is 8.50. The second-order valence-corrected chi connectivity index (χ2v) is 4.04. The lowest BCUT2D eigenvalue weighted by atomic mass is 10.2. The summed E-state index contributed by atoms with van der Waals surface area (Å²) in [6.45, 7) is 3.87. The van der Waals surface area contributed by atoms with Crippen LogP contribution < -0.4 is 5.32 Å². The van der Waals surface area contributed by atoms with E-state index in [2.05, 4.69) is 5.32 Å². The third kappa shape index (κ3) is 2.45. The van der Waals surface area contributed by atoms with Crippen molar-refractivity contribution >= 4 is 5.91 Å². The third-order valence-corrected chi connectivity index (χ3v) is 2.92. The van der Waals surface area contributed by atoms with Crippen molar-refractivity contribution < 1.29 is 9.53 Å². The van der Waals surface area contributed by atoms with E-state index in [0.717, 1.165) is 26.1 Å². The smallest absolute Gasteiger partial charge is 0.248 e. The number of ether oxygens (including phenoxy) is 1. The van der Waals surface area contributed by atoms with E-state index < -0.39 is 0 Å². The maximum absolute atomic E-state index is 11.4. The number of likely N-dealkylation sites (tertiary alicyclic amines) is 1. The number of nitrogens with zero attached hydrogens (tertiary/aromatic N) is 1. The van der Waals surface area contributed by atoms with Gasteiger partial charge in [0.2, 0.25) is 5.91 Å². The minimum absolute atomic E-state index is 0.147. The molecule has 80 valence electrons. The normalized spacial score (nSPS) is 26.3. The Labute approximate surface area is 84.6 Å². The van der Waals surface area contributed by atoms with E-state index in [1.165, 1.54) is 12.8 Å². The van der Waals surface area contributed by atoms with E-state index in [4.69, 9.17) is 4.74 Å². The molecular weight excluding hydrogens is 180 g/mol. The van der Waals surface area contributed by atoms with Gasteiger partial charge in [0.25, 0.3) is 0 Å². The monoisotopic (exact) mass is 198 g/mol. The summed E-state index contributed by atoms with van der Waals surface area (Å²) in [5, 5.41) is 3.34. The van der Waals surface area contributed by atoms with Crippen molar-refractivity contribution in [2.75, 3.05) is 32.8 Å². The van der Waals surface area contributed by atoms with E-state index in [1.54, 1.807) is 0 Å². The molecule has 4 heteroatoms. The summed E-state index contributed by atoms with van der Waals surface area (Å²) in [5.74, 6) is 0.147. The molecule has 1 N–H and O–H groups in total. The summed E-state index contributed by atoms with van der Waals surface area (Å²) >= 11 is 0. The molecule has 0 spiro atoms. The summed E-state index contributed by atoms with van der Waals surface area (Å²) < 4.78 is 5.38. The Kier molecular flexibility index (Phi) is 3.37. The van der Waals surface area contributed by atoms with Gasteiger partial charge in [0.15, 0.2) is 0 Å².